The van der Waals surface area contributed by atoms with E-state index in [1.165, 1.54) is 12.3 Å². The van der Waals surface area contributed by atoms with Crippen molar-refractivity contribution in [3.63, 3.8) is 0 Å². The van der Waals surface area contributed by atoms with Crippen LogP contribution >= 0.6 is 15.9 Å². The van der Waals surface area contributed by atoms with Gasteiger partial charge in [0.1, 0.15) is 11.6 Å². The molecule has 21 heavy (non-hydrogen) atoms. The summed E-state index contributed by atoms with van der Waals surface area (Å²) in [6.45, 7) is 0. The molecule has 0 saturated carbocycles. The Kier molecular flexibility index (Phi) is 4.35. The minimum atomic E-state index is -3.42. The fourth-order valence-corrected chi connectivity index (χ4v) is 2.87. The lowest BCUT2D eigenvalue weighted by atomic mass is 10.3. The number of nitrogens with one attached hydrogen (secondary N) is 2. The first-order chi connectivity index (χ1) is 9.91. The fourth-order valence-electron chi connectivity index (χ4n) is 1.49. The number of rotatable bonds is 4. The van der Waals surface area contributed by atoms with Gasteiger partial charge in [-0.2, -0.15) is 10.5 Å². The number of aromatic amines is 1. The van der Waals surface area contributed by atoms with Gasteiger partial charge in [-0.1, -0.05) is 15.9 Å². The molecule has 2 N–H and O–H groups in total. The van der Waals surface area contributed by atoms with Crippen molar-refractivity contribution in [2.45, 2.75) is 4.90 Å². The first-order valence-electron chi connectivity index (χ1n) is 5.52. The molecule has 8 nitrogen and oxygen atoms in total. The lowest BCUT2D eigenvalue weighted by Gasteiger charge is -2.08. The van der Waals surface area contributed by atoms with Crippen LogP contribution in [0.3, 0.4) is 0 Å². The Morgan fingerprint density at radius 2 is 2.29 bits per heavy atom. The van der Waals surface area contributed by atoms with E-state index in [2.05, 4.69) is 41.9 Å². The van der Waals surface area contributed by atoms with Crippen LogP contribution in [0.1, 0.15) is 5.82 Å². The van der Waals surface area contributed by atoms with E-state index in [4.69, 9.17) is 5.26 Å². The molecule has 0 aliphatic rings. The molecule has 1 heterocycles. The molecular weight excluding hydrogens is 360 g/mol. The molecule has 0 saturated heterocycles. The molecule has 0 spiro atoms. The maximum absolute atomic E-state index is 11.8. The van der Waals surface area contributed by atoms with E-state index < -0.39 is 9.84 Å². The van der Waals surface area contributed by atoms with Crippen molar-refractivity contribution in [1.82, 2.24) is 20.6 Å². The highest BCUT2D eigenvalue weighted by molar-refractivity contribution is 9.10. The van der Waals surface area contributed by atoms with Gasteiger partial charge in [0, 0.05) is 16.9 Å². The summed E-state index contributed by atoms with van der Waals surface area (Å²) in [6.07, 6.45) is 2.43. The Bertz CT molecular complexity index is 823. The first-order valence-corrected chi connectivity index (χ1v) is 8.20. The minimum Gasteiger partial charge on any atom is -0.359 e. The van der Waals surface area contributed by atoms with Crippen LogP contribution in [0.25, 0.3) is 5.57 Å². The molecule has 1 aromatic heterocycles. The molecule has 10 heteroatoms. The van der Waals surface area contributed by atoms with E-state index in [-0.39, 0.29) is 16.3 Å². The molecule has 2 aromatic rings. The van der Waals surface area contributed by atoms with Crippen molar-refractivity contribution in [2.75, 3.05) is 11.6 Å². The maximum Gasteiger partial charge on any atom is 0.216 e. The van der Waals surface area contributed by atoms with E-state index >= 15 is 0 Å². The molecule has 0 bridgehead atoms. The van der Waals surface area contributed by atoms with Crippen LogP contribution in [0.2, 0.25) is 0 Å². The molecule has 2 rings (SSSR count). The van der Waals surface area contributed by atoms with E-state index in [0.717, 1.165) is 6.26 Å². The fraction of sp³-hybridized carbons (Fsp3) is 0.0909. The predicted molar refractivity (Wildman–Crippen MR) is 78.6 cm³/mol. The number of nitrogens with zero attached hydrogens (tertiary/aromatic N) is 4. The van der Waals surface area contributed by atoms with Crippen molar-refractivity contribution in [2.24, 2.45) is 0 Å². The molecule has 0 aliphatic carbocycles. The van der Waals surface area contributed by atoms with Crippen LogP contribution in [0.5, 0.6) is 0 Å². The summed E-state index contributed by atoms with van der Waals surface area (Å²) in [5, 5.41) is 24.8. The lowest BCUT2D eigenvalue weighted by Crippen LogP contribution is -2.03. The highest BCUT2D eigenvalue weighted by Gasteiger charge is 2.14. The summed E-state index contributed by atoms with van der Waals surface area (Å²) in [5.41, 5.74) is 0.461. The number of anilines is 1. The molecule has 0 fully saturated rings. The Labute approximate surface area is 128 Å². The molecule has 108 valence electrons. The average Bonchev–Trinajstić information content (AvgIpc) is 2.94. The number of hydrogen-bond acceptors (Lipinski definition) is 7. The van der Waals surface area contributed by atoms with Gasteiger partial charge in [0.15, 0.2) is 9.84 Å². The zero-order chi connectivity index (χ0) is 15.5. The van der Waals surface area contributed by atoms with E-state index in [0.29, 0.717) is 10.2 Å². The van der Waals surface area contributed by atoms with Gasteiger partial charge < -0.3 is 5.32 Å². The van der Waals surface area contributed by atoms with Crippen LogP contribution in [0.15, 0.2) is 33.8 Å². The highest BCUT2D eigenvalue weighted by Crippen LogP contribution is 2.25. The van der Waals surface area contributed by atoms with Crippen LogP contribution in [0, 0.1) is 11.3 Å². The van der Waals surface area contributed by atoms with Gasteiger partial charge in [-0.15, -0.1) is 10.2 Å². The van der Waals surface area contributed by atoms with Gasteiger partial charge in [-0.3, -0.25) is 0 Å². The topological polar surface area (TPSA) is 124 Å². The molecule has 0 atom stereocenters. The monoisotopic (exact) mass is 368 g/mol. The van der Waals surface area contributed by atoms with Gasteiger partial charge in [0.25, 0.3) is 0 Å². The number of allylic oxidation sites excluding steroid dienone is 1. The molecule has 0 amide bonds. The third-order valence-electron chi connectivity index (χ3n) is 2.42. The molecule has 0 unspecified atom stereocenters. The third kappa shape index (κ3) is 3.65. The largest absolute Gasteiger partial charge is 0.359 e. The summed E-state index contributed by atoms with van der Waals surface area (Å²) in [5.74, 6) is 0.114. The number of benzene rings is 1. The molecule has 0 radical (unpaired) electrons. The van der Waals surface area contributed by atoms with Crippen molar-refractivity contribution < 1.29 is 8.42 Å². The van der Waals surface area contributed by atoms with Crippen LogP contribution in [0.4, 0.5) is 5.69 Å². The maximum atomic E-state index is 11.8. The third-order valence-corrected chi connectivity index (χ3v) is 4.05. The second-order valence-electron chi connectivity index (χ2n) is 3.96. The average molecular weight is 369 g/mol. The van der Waals surface area contributed by atoms with Gasteiger partial charge in [-0.25, -0.2) is 8.42 Å². The van der Waals surface area contributed by atoms with Gasteiger partial charge in [-0.05, 0) is 23.4 Å². The Balaban J connectivity index is 2.39. The smallest absolute Gasteiger partial charge is 0.216 e. The van der Waals surface area contributed by atoms with Crippen molar-refractivity contribution in [3.05, 3.63) is 34.7 Å². The molecular formula is C11H9BrN6O2S. The zero-order valence-corrected chi connectivity index (χ0v) is 13.1. The minimum absolute atomic E-state index is 0.110. The Morgan fingerprint density at radius 1 is 1.52 bits per heavy atom. The van der Waals surface area contributed by atoms with Crippen molar-refractivity contribution >= 4 is 37.0 Å². The summed E-state index contributed by atoms with van der Waals surface area (Å²) in [6, 6.07) is 6.65. The number of tetrazole rings is 1. The van der Waals surface area contributed by atoms with Crippen LogP contribution < -0.4 is 5.32 Å². The number of hydrogen-bond donors (Lipinski definition) is 2. The predicted octanol–water partition coefficient (Wildman–Crippen LogP) is 1.34. The SMILES string of the molecule is CS(=O)(=O)c1cc(Br)ccc1NC=C(C#N)c1nn[nH]n1. The number of sulfone groups is 1. The lowest BCUT2D eigenvalue weighted by molar-refractivity contribution is 0.602. The second-order valence-corrected chi connectivity index (χ2v) is 6.86. The summed E-state index contributed by atoms with van der Waals surface area (Å²) in [7, 11) is -3.42. The van der Waals surface area contributed by atoms with Gasteiger partial charge >= 0.3 is 0 Å². The zero-order valence-electron chi connectivity index (χ0n) is 10.7. The van der Waals surface area contributed by atoms with Crippen LogP contribution in [-0.4, -0.2) is 35.3 Å². The summed E-state index contributed by atoms with van der Waals surface area (Å²) in [4.78, 5) is 0.110. The van der Waals surface area contributed by atoms with Gasteiger partial charge in [0.2, 0.25) is 5.82 Å². The van der Waals surface area contributed by atoms with Gasteiger partial charge in [0.05, 0.1) is 10.6 Å². The number of nitriles is 1. The number of H-pyrrole nitrogens is 1. The van der Waals surface area contributed by atoms with Crippen molar-refractivity contribution in [3.8, 4) is 6.07 Å². The summed E-state index contributed by atoms with van der Waals surface area (Å²) < 4.78 is 24.2. The van der Waals surface area contributed by atoms with Crippen molar-refractivity contribution in [1.29, 1.82) is 5.26 Å². The molecule has 0 aliphatic heterocycles. The number of halogens is 1. The van der Waals surface area contributed by atoms with Crippen LogP contribution in [-0.2, 0) is 9.84 Å². The quantitative estimate of drug-likeness (QED) is 0.779. The normalized spacial score (nSPS) is 12.0. The van der Waals surface area contributed by atoms with E-state index in [1.54, 1.807) is 12.1 Å². The van der Waals surface area contributed by atoms with E-state index in [9.17, 15) is 8.42 Å². The number of aromatic nitrogens is 4. The Hall–Kier alpha value is -2.25. The summed E-state index contributed by atoms with van der Waals surface area (Å²) >= 11 is 3.22. The highest BCUT2D eigenvalue weighted by atomic mass is 79.9. The standard InChI is InChI=1S/C11H9BrN6O2S/c1-21(19,20)10-4-8(12)2-3-9(10)14-6-7(5-13)11-15-17-18-16-11/h2-4,6,14H,1H3,(H,15,16,17,18). The van der Waals surface area contributed by atoms with E-state index in [1.807, 2.05) is 6.07 Å². The Morgan fingerprint density at radius 3 is 2.86 bits per heavy atom. The second kappa shape index (κ2) is 6.02. The molecule has 1 aromatic carbocycles. The first kappa shape index (κ1) is 15.1.